The molecule has 1 rings (SSSR count). The molecule has 1 N–H and O–H groups in total. The van der Waals surface area contributed by atoms with E-state index in [0.717, 1.165) is 31.4 Å². The van der Waals surface area contributed by atoms with Crippen LogP contribution in [0.25, 0.3) is 0 Å². The number of rotatable bonds is 9. The van der Waals surface area contributed by atoms with Gasteiger partial charge in [0.1, 0.15) is 0 Å². The maximum Gasteiger partial charge on any atom is 0.306 e. The van der Waals surface area contributed by atoms with Crippen LogP contribution in [-0.4, -0.2) is 36.5 Å². The summed E-state index contributed by atoms with van der Waals surface area (Å²) in [7, 11) is 1.43. The van der Waals surface area contributed by atoms with Crippen molar-refractivity contribution in [2.24, 2.45) is 5.41 Å². The van der Waals surface area contributed by atoms with E-state index >= 15 is 0 Å². The lowest BCUT2D eigenvalue weighted by molar-refractivity contribution is -0.141. The maximum absolute atomic E-state index is 11.7. The van der Waals surface area contributed by atoms with Gasteiger partial charge in [-0.05, 0) is 36.9 Å². The summed E-state index contributed by atoms with van der Waals surface area (Å²) in [6, 6.07) is 0.290. The molecule has 1 aliphatic rings. The standard InChI is InChI=1S/C14H25NO3S/c1-4-11(5-2)15-12(16)9-19-10-14(6-7-14)8-13(17)18-3/h11H,4-10H2,1-3H3,(H,15,16). The summed E-state index contributed by atoms with van der Waals surface area (Å²) >= 11 is 1.63. The summed E-state index contributed by atoms with van der Waals surface area (Å²) in [5.41, 5.74) is 0.104. The predicted molar refractivity (Wildman–Crippen MR) is 78.1 cm³/mol. The van der Waals surface area contributed by atoms with Crippen molar-refractivity contribution in [3.8, 4) is 0 Å². The fourth-order valence-corrected chi connectivity index (χ4v) is 3.24. The van der Waals surface area contributed by atoms with Gasteiger partial charge in [-0.3, -0.25) is 9.59 Å². The molecule has 0 aromatic heterocycles. The number of amides is 1. The second-order valence-corrected chi connectivity index (χ2v) is 6.31. The molecule has 1 aliphatic carbocycles. The summed E-state index contributed by atoms with van der Waals surface area (Å²) in [4.78, 5) is 23.0. The molecule has 0 aromatic carbocycles. The van der Waals surface area contributed by atoms with E-state index in [2.05, 4.69) is 19.2 Å². The molecule has 1 amide bonds. The van der Waals surface area contributed by atoms with Gasteiger partial charge in [0.2, 0.25) is 5.91 Å². The molecular weight excluding hydrogens is 262 g/mol. The Balaban J connectivity index is 2.19. The summed E-state index contributed by atoms with van der Waals surface area (Å²) < 4.78 is 4.71. The van der Waals surface area contributed by atoms with Crippen molar-refractivity contribution in [1.82, 2.24) is 5.32 Å². The van der Waals surface area contributed by atoms with E-state index in [-0.39, 0.29) is 23.3 Å². The third kappa shape index (κ3) is 5.85. The number of thioether (sulfide) groups is 1. The fourth-order valence-electron chi connectivity index (χ4n) is 2.05. The van der Waals surface area contributed by atoms with Crippen molar-refractivity contribution in [3.05, 3.63) is 0 Å². The van der Waals surface area contributed by atoms with E-state index in [1.807, 2.05) is 0 Å². The highest BCUT2D eigenvalue weighted by molar-refractivity contribution is 7.99. The number of carbonyl (C=O) groups excluding carboxylic acids is 2. The fraction of sp³-hybridized carbons (Fsp3) is 0.857. The van der Waals surface area contributed by atoms with Gasteiger partial charge < -0.3 is 10.1 Å². The number of hydrogen-bond acceptors (Lipinski definition) is 4. The molecule has 110 valence electrons. The molecule has 0 bridgehead atoms. The number of methoxy groups -OCH3 is 1. The Morgan fingerprint density at radius 1 is 1.32 bits per heavy atom. The molecule has 1 saturated carbocycles. The molecule has 0 atom stereocenters. The molecule has 0 unspecified atom stereocenters. The minimum Gasteiger partial charge on any atom is -0.469 e. The lowest BCUT2D eigenvalue weighted by Crippen LogP contribution is -2.35. The van der Waals surface area contributed by atoms with Crippen LogP contribution in [0.5, 0.6) is 0 Å². The summed E-state index contributed by atoms with van der Waals surface area (Å²) in [5, 5.41) is 3.02. The Bertz CT molecular complexity index is 312. The van der Waals surface area contributed by atoms with Crippen LogP contribution in [0, 0.1) is 5.41 Å². The minimum absolute atomic E-state index is 0.104. The second kappa shape index (κ2) is 7.78. The lowest BCUT2D eigenvalue weighted by Gasteiger charge is -2.16. The normalized spacial score (nSPS) is 16.2. The third-order valence-electron chi connectivity index (χ3n) is 3.70. The molecule has 5 heteroatoms. The first-order chi connectivity index (χ1) is 9.05. The number of esters is 1. The van der Waals surface area contributed by atoms with Gasteiger partial charge in [-0.25, -0.2) is 0 Å². The van der Waals surface area contributed by atoms with Gasteiger partial charge in [-0.1, -0.05) is 13.8 Å². The van der Waals surface area contributed by atoms with Crippen LogP contribution < -0.4 is 5.32 Å². The van der Waals surface area contributed by atoms with Crippen molar-refractivity contribution in [2.75, 3.05) is 18.6 Å². The quantitative estimate of drug-likeness (QED) is 0.661. The SMILES string of the molecule is CCC(CC)NC(=O)CSCC1(CC(=O)OC)CC1. The number of hydrogen-bond donors (Lipinski definition) is 1. The Morgan fingerprint density at radius 3 is 2.42 bits per heavy atom. The summed E-state index contributed by atoms with van der Waals surface area (Å²) in [6.45, 7) is 4.16. The van der Waals surface area contributed by atoms with Crippen molar-refractivity contribution in [1.29, 1.82) is 0 Å². The molecule has 0 aromatic rings. The number of ether oxygens (including phenoxy) is 1. The first kappa shape index (κ1) is 16.3. The van der Waals surface area contributed by atoms with E-state index in [9.17, 15) is 9.59 Å². The van der Waals surface area contributed by atoms with Crippen LogP contribution in [0.3, 0.4) is 0 Å². The van der Waals surface area contributed by atoms with Crippen LogP contribution in [0.15, 0.2) is 0 Å². The van der Waals surface area contributed by atoms with E-state index in [1.165, 1.54) is 7.11 Å². The van der Waals surface area contributed by atoms with Gasteiger partial charge in [-0.15, -0.1) is 0 Å². The Labute approximate surface area is 120 Å². The van der Waals surface area contributed by atoms with Crippen LogP contribution >= 0.6 is 11.8 Å². The zero-order valence-electron chi connectivity index (χ0n) is 12.2. The topological polar surface area (TPSA) is 55.4 Å². The first-order valence-electron chi connectivity index (χ1n) is 6.99. The molecule has 0 spiro atoms. The molecule has 0 heterocycles. The molecule has 0 radical (unpaired) electrons. The number of nitrogens with one attached hydrogen (secondary N) is 1. The van der Waals surface area contributed by atoms with Crippen LogP contribution in [0.1, 0.15) is 46.0 Å². The Hall–Kier alpha value is -0.710. The van der Waals surface area contributed by atoms with E-state index in [4.69, 9.17) is 4.74 Å². The van der Waals surface area contributed by atoms with Crippen molar-refractivity contribution < 1.29 is 14.3 Å². The Morgan fingerprint density at radius 2 is 1.95 bits per heavy atom. The summed E-state index contributed by atoms with van der Waals surface area (Å²) in [6.07, 6.45) is 4.58. The maximum atomic E-state index is 11.7. The monoisotopic (exact) mass is 287 g/mol. The van der Waals surface area contributed by atoms with Crippen molar-refractivity contribution in [2.45, 2.75) is 52.0 Å². The second-order valence-electron chi connectivity index (χ2n) is 5.33. The third-order valence-corrected chi connectivity index (χ3v) is 4.98. The highest BCUT2D eigenvalue weighted by Gasteiger charge is 2.44. The van der Waals surface area contributed by atoms with E-state index in [1.54, 1.807) is 11.8 Å². The van der Waals surface area contributed by atoms with Crippen molar-refractivity contribution in [3.63, 3.8) is 0 Å². The van der Waals surface area contributed by atoms with Gasteiger partial charge >= 0.3 is 5.97 Å². The van der Waals surface area contributed by atoms with Gasteiger partial charge in [0.25, 0.3) is 0 Å². The zero-order valence-corrected chi connectivity index (χ0v) is 13.0. The average Bonchev–Trinajstić information content (AvgIpc) is 3.15. The van der Waals surface area contributed by atoms with Gasteiger partial charge in [0.15, 0.2) is 0 Å². The molecule has 19 heavy (non-hydrogen) atoms. The van der Waals surface area contributed by atoms with Gasteiger partial charge in [0.05, 0.1) is 19.3 Å². The molecule has 4 nitrogen and oxygen atoms in total. The van der Waals surface area contributed by atoms with Crippen LogP contribution in [0.2, 0.25) is 0 Å². The van der Waals surface area contributed by atoms with Crippen molar-refractivity contribution >= 4 is 23.6 Å². The lowest BCUT2D eigenvalue weighted by atomic mass is 10.1. The smallest absolute Gasteiger partial charge is 0.306 e. The van der Waals surface area contributed by atoms with Crippen LogP contribution in [0.4, 0.5) is 0 Å². The highest BCUT2D eigenvalue weighted by atomic mass is 32.2. The van der Waals surface area contributed by atoms with E-state index < -0.39 is 0 Å². The average molecular weight is 287 g/mol. The molecule has 0 aliphatic heterocycles. The van der Waals surface area contributed by atoms with Crippen LogP contribution in [-0.2, 0) is 14.3 Å². The highest BCUT2D eigenvalue weighted by Crippen LogP contribution is 2.51. The van der Waals surface area contributed by atoms with Gasteiger partial charge in [0, 0.05) is 6.04 Å². The largest absolute Gasteiger partial charge is 0.469 e. The predicted octanol–water partition coefficient (Wildman–Crippen LogP) is 2.37. The minimum atomic E-state index is -0.139. The molecule has 1 fully saturated rings. The number of carbonyl (C=O) groups is 2. The van der Waals surface area contributed by atoms with E-state index in [0.29, 0.717) is 12.2 Å². The molecule has 0 saturated heterocycles. The first-order valence-corrected chi connectivity index (χ1v) is 8.14. The summed E-state index contributed by atoms with van der Waals surface area (Å²) in [5.74, 6) is 1.32. The zero-order chi connectivity index (χ0) is 14.3. The Kier molecular flexibility index (Phi) is 6.69. The molecular formula is C14H25NO3S. The van der Waals surface area contributed by atoms with Gasteiger partial charge in [-0.2, -0.15) is 11.8 Å².